The molecule has 0 spiro atoms. The third-order valence-corrected chi connectivity index (χ3v) is 4.10. The Morgan fingerprint density at radius 2 is 1.92 bits per heavy atom. The Bertz CT molecular complexity index is 781. The van der Waals surface area contributed by atoms with Crippen molar-refractivity contribution >= 4 is 34.4 Å². The minimum absolute atomic E-state index is 0. The summed E-state index contributed by atoms with van der Waals surface area (Å²) in [6.45, 7) is -0.981. The molecule has 1 radical (unpaired) electrons. The number of halogens is 5. The van der Waals surface area contributed by atoms with Gasteiger partial charge in [0.05, 0.1) is 18.2 Å². The number of hydrogen-bond acceptors (Lipinski definition) is 3. The standard InChI is InChI=1S/C15H11F4INO2S.Y/c1-24-7-23-8-4-9(16)14(10(17)5-8)12-3-2-11(20)15(22)21(12)6-13(18)19;/h2,4-5,13H,6-7H2,1H3;/q-1;. The van der Waals surface area contributed by atoms with Gasteiger partial charge in [0.2, 0.25) is 5.56 Å². The molecule has 0 aliphatic carbocycles. The van der Waals surface area contributed by atoms with Gasteiger partial charge in [-0.25, -0.2) is 17.6 Å². The second-order valence-corrected chi connectivity index (χ2v) is 6.58. The van der Waals surface area contributed by atoms with Crippen molar-refractivity contribution in [1.82, 2.24) is 4.57 Å². The van der Waals surface area contributed by atoms with Crippen LogP contribution in [0.25, 0.3) is 11.3 Å². The van der Waals surface area contributed by atoms with Gasteiger partial charge in [0.15, 0.2) is 0 Å². The molecule has 10 heteroatoms. The Labute approximate surface area is 184 Å². The molecule has 1 aromatic heterocycles. The van der Waals surface area contributed by atoms with Gasteiger partial charge in [0.1, 0.15) is 11.7 Å². The zero-order valence-electron chi connectivity index (χ0n) is 12.9. The zero-order valence-corrected chi connectivity index (χ0v) is 18.7. The van der Waals surface area contributed by atoms with E-state index >= 15 is 0 Å². The van der Waals surface area contributed by atoms with Crippen molar-refractivity contribution in [2.75, 3.05) is 12.2 Å². The first-order valence-corrected chi connectivity index (χ1v) is 9.02. The number of rotatable bonds is 6. The monoisotopic (exact) mass is 561 g/mol. The van der Waals surface area contributed by atoms with Gasteiger partial charge < -0.3 is 9.30 Å². The Kier molecular flexibility index (Phi) is 9.41. The smallest absolute Gasteiger partial charge is 0.256 e. The molecule has 0 amide bonds. The summed E-state index contributed by atoms with van der Waals surface area (Å²) in [6.07, 6.45) is -1.10. The molecule has 133 valence electrons. The van der Waals surface area contributed by atoms with Crippen molar-refractivity contribution in [2.24, 2.45) is 0 Å². The molecule has 3 nitrogen and oxygen atoms in total. The molecule has 1 heterocycles. The van der Waals surface area contributed by atoms with Crippen LogP contribution in [0.3, 0.4) is 0 Å². The van der Waals surface area contributed by atoms with Crippen LogP contribution in [0.2, 0.25) is 0 Å². The minimum atomic E-state index is -2.86. The molecule has 2 aromatic rings. The maximum absolute atomic E-state index is 14.3. The molecule has 0 fully saturated rings. The molecule has 1 aromatic carbocycles. The molecular formula is C15H11F4INO2SY-. The fourth-order valence-corrected chi connectivity index (χ4v) is 2.71. The molecule has 0 unspecified atom stereocenters. The summed E-state index contributed by atoms with van der Waals surface area (Å²) in [5, 5.41) is 0. The van der Waals surface area contributed by atoms with E-state index in [9.17, 15) is 22.4 Å². The van der Waals surface area contributed by atoms with Crippen LogP contribution in [-0.2, 0) is 39.3 Å². The number of pyridine rings is 1. The van der Waals surface area contributed by atoms with Gasteiger partial charge in [-0.1, -0.05) is 5.69 Å². The molecule has 0 aliphatic rings. The van der Waals surface area contributed by atoms with Crippen molar-refractivity contribution in [3.63, 3.8) is 0 Å². The first kappa shape index (κ1) is 22.9. The minimum Gasteiger partial charge on any atom is -0.483 e. The normalized spacial score (nSPS) is 10.7. The third kappa shape index (κ3) is 5.67. The largest absolute Gasteiger partial charge is 0.483 e. The second-order valence-electron chi connectivity index (χ2n) is 4.60. The Hall–Kier alpha value is -0.126. The molecule has 25 heavy (non-hydrogen) atoms. The summed E-state index contributed by atoms with van der Waals surface area (Å²) < 4.78 is 60.0. The van der Waals surface area contributed by atoms with Crippen LogP contribution >= 0.6 is 34.4 Å². The van der Waals surface area contributed by atoms with E-state index in [4.69, 9.17) is 4.74 Å². The molecule has 0 atom stereocenters. The number of alkyl halides is 2. The molecule has 0 N–H and O–H groups in total. The van der Waals surface area contributed by atoms with Crippen LogP contribution < -0.4 is 10.3 Å². The predicted molar refractivity (Wildman–Crippen MR) is 92.6 cm³/mol. The molecular weight excluding hydrogens is 550 g/mol. The summed E-state index contributed by atoms with van der Waals surface area (Å²) in [6, 6.07) is 5.60. The number of ether oxygens (including phenoxy) is 1. The Morgan fingerprint density at radius 3 is 2.44 bits per heavy atom. The fraction of sp³-hybridized carbons (Fsp3) is 0.267. The molecule has 0 aliphatic heterocycles. The van der Waals surface area contributed by atoms with Gasteiger partial charge in [-0.3, -0.25) is 4.79 Å². The average molecular weight is 561 g/mol. The summed E-state index contributed by atoms with van der Waals surface area (Å²) in [5.41, 5.74) is -1.72. The number of thioether (sulfide) groups is 1. The first-order chi connectivity index (χ1) is 11.3. The van der Waals surface area contributed by atoms with Crippen LogP contribution in [0.1, 0.15) is 0 Å². The van der Waals surface area contributed by atoms with Gasteiger partial charge in [0, 0.05) is 44.8 Å². The van der Waals surface area contributed by atoms with Crippen LogP contribution in [0.15, 0.2) is 23.0 Å². The van der Waals surface area contributed by atoms with Gasteiger partial charge in [-0.15, -0.1) is 34.4 Å². The SMILES string of the molecule is CSCOc1cc(F)c(-c2[c-]cc(I)c(=O)n2CC(F)F)c(F)c1.[Y]. The fourth-order valence-electron chi connectivity index (χ4n) is 2.01. The summed E-state index contributed by atoms with van der Waals surface area (Å²) in [4.78, 5) is 12.1. The summed E-state index contributed by atoms with van der Waals surface area (Å²) in [7, 11) is 0. The van der Waals surface area contributed by atoms with Crippen molar-refractivity contribution in [3.05, 3.63) is 49.8 Å². The topological polar surface area (TPSA) is 31.2 Å². The summed E-state index contributed by atoms with van der Waals surface area (Å²) in [5.74, 6) is -1.88. The van der Waals surface area contributed by atoms with E-state index in [1.165, 1.54) is 17.8 Å². The number of nitrogens with zero attached hydrogens (tertiary/aromatic N) is 1. The van der Waals surface area contributed by atoms with E-state index < -0.39 is 35.7 Å². The number of aromatic nitrogens is 1. The van der Waals surface area contributed by atoms with Crippen molar-refractivity contribution in [2.45, 2.75) is 13.0 Å². The van der Waals surface area contributed by atoms with E-state index in [2.05, 4.69) is 6.07 Å². The number of hydrogen-bond donors (Lipinski definition) is 0. The van der Waals surface area contributed by atoms with Crippen LogP contribution in [-0.4, -0.2) is 23.2 Å². The van der Waals surface area contributed by atoms with Gasteiger partial charge in [-0.2, -0.15) is 12.1 Å². The van der Waals surface area contributed by atoms with E-state index in [1.807, 2.05) is 0 Å². The van der Waals surface area contributed by atoms with Gasteiger partial charge in [-0.05, 0) is 15.4 Å². The van der Waals surface area contributed by atoms with E-state index in [-0.39, 0.29) is 53.7 Å². The van der Waals surface area contributed by atoms with Gasteiger partial charge >= 0.3 is 0 Å². The molecule has 0 saturated heterocycles. The third-order valence-electron chi connectivity index (χ3n) is 2.97. The maximum atomic E-state index is 14.3. The Balaban J connectivity index is 0.00000312. The van der Waals surface area contributed by atoms with E-state index in [0.29, 0.717) is 4.57 Å². The first-order valence-electron chi connectivity index (χ1n) is 6.55. The van der Waals surface area contributed by atoms with Gasteiger partial charge in [0.25, 0.3) is 6.43 Å². The number of benzene rings is 1. The quantitative estimate of drug-likeness (QED) is 0.230. The second kappa shape index (κ2) is 10.3. The molecule has 0 bridgehead atoms. The van der Waals surface area contributed by atoms with E-state index in [1.54, 1.807) is 28.8 Å². The predicted octanol–water partition coefficient (Wildman–Crippen LogP) is 4.16. The van der Waals surface area contributed by atoms with E-state index in [0.717, 1.165) is 12.1 Å². The zero-order chi connectivity index (χ0) is 17.9. The van der Waals surface area contributed by atoms with Crippen molar-refractivity contribution < 1.29 is 55.0 Å². The van der Waals surface area contributed by atoms with Crippen molar-refractivity contribution in [1.29, 1.82) is 0 Å². The van der Waals surface area contributed by atoms with Crippen LogP contribution in [0.5, 0.6) is 5.75 Å². The average Bonchev–Trinajstić information content (AvgIpc) is 2.51. The van der Waals surface area contributed by atoms with Crippen LogP contribution in [0.4, 0.5) is 17.6 Å². The maximum Gasteiger partial charge on any atom is 0.256 e. The molecule has 0 saturated carbocycles. The Morgan fingerprint density at radius 1 is 1.32 bits per heavy atom. The van der Waals surface area contributed by atoms with Crippen molar-refractivity contribution in [3.8, 4) is 17.0 Å². The summed E-state index contributed by atoms with van der Waals surface area (Å²) >= 11 is 2.97. The van der Waals surface area contributed by atoms with Crippen LogP contribution in [0, 0.1) is 21.3 Å². The molecule has 2 rings (SSSR count).